The van der Waals surface area contributed by atoms with Gasteiger partial charge in [-0.25, -0.2) is 4.99 Å². The van der Waals surface area contributed by atoms with E-state index in [1.807, 2.05) is 0 Å². The van der Waals surface area contributed by atoms with Crippen LogP contribution in [0.1, 0.15) is 22.8 Å². The van der Waals surface area contributed by atoms with Crippen molar-refractivity contribution in [3.63, 3.8) is 0 Å². The summed E-state index contributed by atoms with van der Waals surface area (Å²) in [5.41, 5.74) is 8.37. The number of rotatable bonds is 2. The van der Waals surface area contributed by atoms with E-state index in [9.17, 15) is 13.6 Å². The van der Waals surface area contributed by atoms with Crippen LogP contribution in [0.25, 0.3) is 0 Å². The first-order chi connectivity index (χ1) is 9.17. The van der Waals surface area contributed by atoms with Crippen LogP contribution in [0.4, 0.5) is 8.78 Å². The van der Waals surface area contributed by atoms with Crippen LogP contribution in [-0.2, 0) is 10.3 Å². The fourth-order valence-electron chi connectivity index (χ4n) is 1.94. The zero-order valence-electron chi connectivity index (χ0n) is 10.5. The third kappa shape index (κ3) is 2.18. The first-order valence-corrected chi connectivity index (χ1v) is 6.02. The molecule has 0 spiro atoms. The van der Waals surface area contributed by atoms with E-state index >= 15 is 0 Å². The first kappa shape index (κ1) is 14.5. The van der Waals surface area contributed by atoms with Gasteiger partial charge in [-0.3, -0.25) is 4.79 Å². The third-order valence-electron chi connectivity index (χ3n) is 3.20. The molecule has 0 unspecified atom stereocenters. The predicted octanol–water partition coefficient (Wildman–Crippen LogP) is 1.63. The van der Waals surface area contributed by atoms with E-state index in [1.165, 1.54) is 18.2 Å². The molecule has 5 nitrogen and oxygen atoms in total. The zero-order chi connectivity index (χ0) is 15.1. The number of hydrogen-bond donors (Lipinski definition) is 2. The molecule has 0 aromatic heterocycles. The molecule has 0 aliphatic carbocycles. The van der Waals surface area contributed by atoms with E-state index in [0.717, 1.165) is 6.92 Å². The summed E-state index contributed by atoms with van der Waals surface area (Å²) in [6, 6.07) is 3.47. The molecule has 108 valence electrons. The molecule has 1 atom stereocenters. The normalized spacial score (nSPS) is 24.7. The van der Waals surface area contributed by atoms with Crippen molar-refractivity contribution in [2.24, 2.45) is 16.5 Å². The van der Waals surface area contributed by atoms with Gasteiger partial charge >= 0.3 is 5.92 Å². The minimum atomic E-state index is -3.34. The Morgan fingerprint density at radius 3 is 2.75 bits per heavy atom. The number of alkyl halides is 2. The Hall–Kier alpha value is -1.89. The number of ether oxygens (including phenoxy) is 1. The number of nitrogens with two attached hydrogens (primary N) is 2. The Morgan fingerprint density at radius 1 is 1.50 bits per heavy atom. The second-order valence-corrected chi connectivity index (χ2v) is 4.96. The summed E-state index contributed by atoms with van der Waals surface area (Å²) >= 11 is 5.95. The van der Waals surface area contributed by atoms with E-state index in [-0.39, 0.29) is 22.2 Å². The first-order valence-electron chi connectivity index (χ1n) is 5.64. The third-order valence-corrected chi connectivity index (χ3v) is 3.53. The van der Waals surface area contributed by atoms with Gasteiger partial charge in [-0.1, -0.05) is 11.6 Å². The molecule has 0 fully saturated rings. The lowest BCUT2D eigenvalue weighted by atomic mass is 9.87. The molecule has 20 heavy (non-hydrogen) atoms. The van der Waals surface area contributed by atoms with Crippen molar-refractivity contribution in [2.75, 3.05) is 6.54 Å². The lowest BCUT2D eigenvalue weighted by Gasteiger charge is -2.39. The van der Waals surface area contributed by atoms with Gasteiger partial charge in [0.15, 0.2) is 0 Å². The number of aliphatic imine (C=N–C) groups is 1. The van der Waals surface area contributed by atoms with Crippen LogP contribution in [0.2, 0.25) is 5.02 Å². The average Bonchev–Trinajstić information content (AvgIpc) is 2.35. The molecule has 2 rings (SSSR count). The lowest BCUT2D eigenvalue weighted by Crippen LogP contribution is -2.53. The van der Waals surface area contributed by atoms with Crippen molar-refractivity contribution in [1.29, 1.82) is 0 Å². The maximum atomic E-state index is 14.2. The maximum absolute atomic E-state index is 14.2. The molecule has 8 heteroatoms. The van der Waals surface area contributed by atoms with Gasteiger partial charge in [0.25, 0.3) is 6.02 Å². The molecule has 0 bridgehead atoms. The number of halogens is 3. The molecule has 1 heterocycles. The molecule has 0 saturated carbocycles. The molecule has 1 aliphatic rings. The van der Waals surface area contributed by atoms with Crippen LogP contribution >= 0.6 is 11.6 Å². The van der Waals surface area contributed by atoms with Crippen molar-refractivity contribution >= 4 is 23.5 Å². The van der Waals surface area contributed by atoms with Gasteiger partial charge in [-0.05, 0) is 25.1 Å². The molecule has 0 saturated heterocycles. The highest BCUT2D eigenvalue weighted by Crippen LogP contribution is 2.45. The Kier molecular flexibility index (Phi) is 3.33. The van der Waals surface area contributed by atoms with Crippen molar-refractivity contribution in [3.05, 3.63) is 34.3 Å². The molecule has 4 N–H and O–H groups in total. The van der Waals surface area contributed by atoms with Gasteiger partial charge < -0.3 is 16.2 Å². The number of carbonyl (C=O) groups excluding carboxylic acids is 1. The van der Waals surface area contributed by atoms with Gasteiger partial charge in [0.05, 0.1) is 0 Å². The molecule has 1 aliphatic heterocycles. The van der Waals surface area contributed by atoms with Crippen molar-refractivity contribution in [2.45, 2.75) is 18.4 Å². The second kappa shape index (κ2) is 4.59. The Bertz CT molecular complexity index is 606. The molecule has 1 aromatic rings. The number of primary amides is 1. The molecule has 1 aromatic carbocycles. The quantitative estimate of drug-likeness (QED) is 0.870. The molecular weight excluding hydrogens is 292 g/mol. The Labute approximate surface area is 118 Å². The predicted molar refractivity (Wildman–Crippen MR) is 69.8 cm³/mol. The van der Waals surface area contributed by atoms with Crippen molar-refractivity contribution in [3.8, 4) is 0 Å². The summed E-state index contributed by atoms with van der Waals surface area (Å²) in [7, 11) is 0. The maximum Gasteiger partial charge on any atom is 0.310 e. The van der Waals surface area contributed by atoms with Crippen LogP contribution in [-0.4, -0.2) is 24.4 Å². The topological polar surface area (TPSA) is 90.7 Å². The highest BCUT2D eigenvalue weighted by Gasteiger charge is 2.57. The summed E-state index contributed by atoms with van der Waals surface area (Å²) in [5, 5.41) is 0.0203. The van der Waals surface area contributed by atoms with Crippen LogP contribution in [0.15, 0.2) is 23.2 Å². The number of amides is 1. The highest BCUT2D eigenvalue weighted by molar-refractivity contribution is 6.31. The second-order valence-electron chi connectivity index (χ2n) is 4.55. The Balaban J connectivity index is 2.61. The molecular formula is C12H12ClF2N3O2. The number of nitrogens with zero attached hydrogens (tertiary/aromatic N) is 1. The smallest absolute Gasteiger partial charge is 0.310 e. The minimum absolute atomic E-state index is 0.0203. The summed E-state index contributed by atoms with van der Waals surface area (Å²) < 4.78 is 33.4. The summed E-state index contributed by atoms with van der Waals surface area (Å²) in [6.07, 6.45) is 0. The van der Waals surface area contributed by atoms with Gasteiger partial charge in [0.1, 0.15) is 6.54 Å². The fourth-order valence-corrected chi connectivity index (χ4v) is 2.24. The van der Waals surface area contributed by atoms with Gasteiger partial charge in [-0.15, -0.1) is 0 Å². The number of carbonyl (C=O) groups is 1. The zero-order valence-corrected chi connectivity index (χ0v) is 11.2. The van der Waals surface area contributed by atoms with Crippen LogP contribution in [0.5, 0.6) is 0 Å². The molecule has 0 radical (unpaired) electrons. The SMILES string of the molecule is C[C@]1(c2cc(C(N)=O)ccc2Cl)OC(N)=NCC1(F)F. The minimum Gasteiger partial charge on any atom is -0.448 e. The standard InChI is InChI=1S/C12H12ClF2N3O2/c1-11(12(14,15)5-18-10(17)20-11)7-4-6(9(16)19)2-3-8(7)13/h2-4H,5H2,1H3,(H2,16,19)(H2,17,18)/t11-/m1/s1. The van der Waals surface area contributed by atoms with Crippen LogP contribution in [0, 0.1) is 0 Å². The number of hydrogen-bond acceptors (Lipinski definition) is 4. The average molecular weight is 304 g/mol. The van der Waals surface area contributed by atoms with E-state index < -0.39 is 24.0 Å². The van der Waals surface area contributed by atoms with Crippen molar-refractivity contribution < 1.29 is 18.3 Å². The van der Waals surface area contributed by atoms with E-state index in [4.69, 9.17) is 27.8 Å². The van der Waals surface area contributed by atoms with Gasteiger partial charge in [0, 0.05) is 16.1 Å². The van der Waals surface area contributed by atoms with Crippen LogP contribution in [0.3, 0.4) is 0 Å². The monoisotopic (exact) mass is 303 g/mol. The van der Waals surface area contributed by atoms with Crippen molar-refractivity contribution in [1.82, 2.24) is 0 Å². The van der Waals surface area contributed by atoms with E-state index in [0.29, 0.717) is 0 Å². The summed E-state index contributed by atoms with van der Waals surface area (Å²) in [4.78, 5) is 14.6. The van der Waals surface area contributed by atoms with Gasteiger partial charge in [0.2, 0.25) is 11.5 Å². The van der Waals surface area contributed by atoms with Gasteiger partial charge in [-0.2, -0.15) is 8.78 Å². The molecule has 1 amide bonds. The highest BCUT2D eigenvalue weighted by atomic mass is 35.5. The summed E-state index contributed by atoms with van der Waals surface area (Å²) in [5.74, 6) is -4.09. The number of amidine groups is 1. The summed E-state index contributed by atoms with van der Waals surface area (Å²) in [6.45, 7) is 0.312. The largest absolute Gasteiger partial charge is 0.448 e. The Morgan fingerprint density at radius 2 is 2.15 bits per heavy atom. The number of benzene rings is 1. The van der Waals surface area contributed by atoms with E-state index in [1.54, 1.807) is 0 Å². The lowest BCUT2D eigenvalue weighted by molar-refractivity contribution is -0.171. The van der Waals surface area contributed by atoms with E-state index in [2.05, 4.69) is 4.99 Å². The van der Waals surface area contributed by atoms with Crippen LogP contribution < -0.4 is 11.5 Å². The fraction of sp³-hybridized carbons (Fsp3) is 0.333.